The van der Waals surface area contributed by atoms with E-state index in [2.05, 4.69) is 10.0 Å². The molecule has 0 unspecified atom stereocenters. The van der Waals surface area contributed by atoms with Crippen LogP contribution in [0.15, 0.2) is 29.2 Å². The minimum Gasteiger partial charge on any atom is -0.383 e. The van der Waals surface area contributed by atoms with Crippen LogP contribution < -0.4 is 10.0 Å². The summed E-state index contributed by atoms with van der Waals surface area (Å²) in [7, 11) is -1.78. The largest absolute Gasteiger partial charge is 0.383 e. The standard InChI is InChI=1S/C12H20N2O3S/c1-11-5-3-4-6-12(11)18(15,16)14-8-7-13-9-10-17-2/h3-6,13-14H,7-10H2,1-2H3. The smallest absolute Gasteiger partial charge is 0.240 e. The number of sulfonamides is 1. The average Bonchev–Trinajstić information content (AvgIpc) is 2.34. The van der Waals surface area contributed by atoms with E-state index in [4.69, 9.17) is 4.74 Å². The predicted octanol–water partition coefficient (Wildman–Crippen LogP) is 0.509. The zero-order valence-electron chi connectivity index (χ0n) is 10.8. The highest BCUT2D eigenvalue weighted by atomic mass is 32.2. The average molecular weight is 272 g/mol. The lowest BCUT2D eigenvalue weighted by molar-refractivity contribution is 0.199. The third kappa shape index (κ3) is 4.73. The SMILES string of the molecule is COCCNCCNS(=O)(=O)c1ccccc1C. The van der Waals surface area contributed by atoms with Crippen LogP contribution in [0.2, 0.25) is 0 Å². The number of rotatable bonds is 8. The molecule has 0 aliphatic rings. The van der Waals surface area contributed by atoms with Crippen molar-refractivity contribution in [2.75, 3.05) is 33.4 Å². The van der Waals surface area contributed by atoms with E-state index in [1.807, 2.05) is 6.07 Å². The fourth-order valence-electron chi connectivity index (χ4n) is 1.51. The second kappa shape index (κ2) is 7.48. The normalized spacial score (nSPS) is 11.7. The van der Waals surface area contributed by atoms with Crippen molar-refractivity contribution in [3.8, 4) is 0 Å². The van der Waals surface area contributed by atoms with E-state index in [1.165, 1.54) is 0 Å². The molecule has 0 saturated heterocycles. The molecule has 0 bridgehead atoms. The van der Waals surface area contributed by atoms with Crippen molar-refractivity contribution < 1.29 is 13.2 Å². The number of benzene rings is 1. The van der Waals surface area contributed by atoms with Gasteiger partial charge in [-0.15, -0.1) is 0 Å². The molecular formula is C12H20N2O3S. The Kier molecular flexibility index (Phi) is 6.28. The molecule has 1 aromatic carbocycles. The van der Waals surface area contributed by atoms with Crippen molar-refractivity contribution in [1.82, 2.24) is 10.0 Å². The van der Waals surface area contributed by atoms with Crippen LogP contribution in [0.3, 0.4) is 0 Å². The first-order valence-electron chi connectivity index (χ1n) is 5.83. The Balaban J connectivity index is 2.44. The van der Waals surface area contributed by atoms with Gasteiger partial charge in [0, 0.05) is 26.7 Å². The second-order valence-electron chi connectivity index (χ2n) is 3.91. The quantitative estimate of drug-likeness (QED) is 0.677. The Bertz CT molecular complexity index is 460. The summed E-state index contributed by atoms with van der Waals surface area (Å²) < 4.78 is 31.4. The number of methoxy groups -OCH3 is 1. The molecule has 6 heteroatoms. The summed E-state index contributed by atoms with van der Waals surface area (Å²) in [6, 6.07) is 6.93. The van der Waals surface area contributed by atoms with E-state index < -0.39 is 10.0 Å². The van der Waals surface area contributed by atoms with E-state index >= 15 is 0 Å². The van der Waals surface area contributed by atoms with E-state index in [0.29, 0.717) is 31.1 Å². The Labute approximate surface area is 109 Å². The Morgan fingerprint density at radius 1 is 1.17 bits per heavy atom. The van der Waals surface area contributed by atoms with Crippen molar-refractivity contribution in [3.63, 3.8) is 0 Å². The summed E-state index contributed by atoms with van der Waals surface area (Å²) in [6.07, 6.45) is 0. The van der Waals surface area contributed by atoms with Gasteiger partial charge in [0.25, 0.3) is 0 Å². The summed E-state index contributed by atoms with van der Waals surface area (Å²) in [5.41, 5.74) is 0.748. The van der Waals surface area contributed by atoms with Crippen LogP contribution in [0, 0.1) is 6.92 Å². The predicted molar refractivity (Wildman–Crippen MR) is 71.1 cm³/mol. The highest BCUT2D eigenvalue weighted by molar-refractivity contribution is 7.89. The molecule has 1 aromatic rings. The molecule has 1 rings (SSSR count). The third-order valence-electron chi connectivity index (χ3n) is 2.46. The van der Waals surface area contributed by atoms with Gasteiger partial charge in [0.2, 0.25) is 10.0 Å². The first-order valence-corrected chi connectivity index (χ1v) is 7.31. The molecular weight excluding hydrogens is 252 g/mol. The van der Waals surface area contributed by atoms with Crippen LogP contribution >= 0.6 is 0 Å². The molecule has 0 atom stereocenters. The van der Waals surface area contributed by atoms with Gasteiger partial charge in [-0.3, -0.25) is 0 Å². The minimum atomic E-state index is -3.40. The Hall–Kier alpha value is -0.950. The van der Waals surface area contributed by atoms with Gasteiger partial charge in [0.05, 0.1) is 11.5 Å². The van der Waals surface area contributed by atoms with Crippen LogP contribution in [-0.2, 0) is 14.8 Å². The molecule has 2 N–H and O–H groups in total. The molecule has 0 heterocycles. The maximum absolute atomic E-state index is 12.0. The van der Waals surface area contributed by atoms with E-state index in [1.54, 1.807) is 32.2 Å². The fourth-order valence-corrected chi connectivity index (χ4v) is 2.78. The van der Waals surface area contributed by atoms with Crippen LogP contribution in [0.4, 0.5) is 0 Å². The highest BCUT2D eigenvalue weighted by Gasteiger charge is 2.14. The van der Waals surface area contributed by atoms with Crippen molar-refractivity contribution in [2.24, 2.45) is 0 Å². The zero-order valence-corrected chi connectivity index (χ0v) is 11.6. The molecule has 0 aromatic heterocycles. The molecule has 18 heavy (non-hydrogen) atoms. The summed E-state index contributed by atoms with van der Waals surface area (Å²) >= 11 is 0. The molecule has 0 spiro atoms. The van der Waals surface area contributed by atoms with E-state index in [9.17, 15) is 8.42 Å². The lowest BCUT2D eigenvalue weighted by Crippen LogP contribution is -2.33. The van der Waals surface area contributed by atoms with Crippen molar-refractivity contribution >= 4 is 10.0 Å². The summed E-state index contributed by atoms with van der Waals surface area (Å²) in [4.78, 5) is 0.335. The van der Waals surface area contributed by atoms with E-state index in [0.717, 1.165) is 5.56 Å². The maximum atomic E-state index is 12.0. The maximum Gasteiger partial charge on any atom is 0.240 e. The van der Waals surface area contributed by atoms with Gasteiger partial charge in [0.15, 0.2) is 0 Å². The first-order chi connectivity index (χ1) is 8.58. The van der Waals surface area contributed by atoms with Gasteiger partial charge in [-0.25, -0.2) is 13.1 Å². The van der Waals surface area contributed by atoms with Gasteiger partial charge in [-0.2, -0.15) is 0 Å². The lowest BCUT2D eigenvalue weighted by Gasteiger charge is -2.09. The summed E-state index contributed by atoms with van der Waals surface area (Å²) in [5, 5.41) is 3.07. The monoisotopic (exact) mass is 272 g/mol. The molecule has 0 aliphatic heterocycles. The number of ether oxygens (including phenoxy) is 1. The molecule has 0 aliphatic carbocycles. The van der Waals surface area contributed by atoms with Gasteiger partial charge >= 0.3 is 0 Å². The molecule has 102 valence electrons. The van der Waals surface area contributed by atoms with Crippen molar-refractivity contribution in [2.45, 2.75) is 11.8 Å². The minimum absolute atomic E-state index is 0.335. The number of aryl methyl sites for hydroxylation is 1. The van der Waals surface area contributed by atoms with Crippen molar-refractivity contribution in [1.29, 1.82) is 0 Å². The molecule has 0 radical (unpaired) electrons. The first kappa shape index (κ1) is 15.1. The zero-order chi connectivity index (χ0) is 13.4. The molecule has 0 amide bonds. The topological polar surface area (TPSA) is 67.4 Å². The fraction of sp³-hybridized carbons (Fsp3) is 0.500. The second-order valence-corrected chi connectivity index (χ2v) is 5.64. The van der Waals surface area contributed by atoms with Gasteiger partial charge < -0.3 is 10.1 Å². The summed E-state index contributed by atoms with van der Waals surface area (Å²) in [6.45, 7) is 4.05. The number of nitrogens with one attached hydrogen (secondary N) is 2. The molecule has 0 fully saturated rings. The van der Waals surface area contributed by atoms with Crippen molar-refractivity contribution in [3.05, 3.63) is 29.8 Å². The molecule has 5 nitrogen and oxygen atoms in total. The van der Waals surface area contributed by atoms with Crippen LogP contribution in [0.5, 0.6) is 0 Å². The Morgan fingerprint density at radius 2 is 1.89 bits per heavy atom. The Morgan fingerprint density at radius 3 is 2.56 bits per heavy atom. The van der Waals surface area contributed by atoms with Crippen LogP contribution in [-0.4, -0.2) is 41.8 Å². The van der Waals surface area contributed by atoms with Gasteiger partial charge in [-0.1, -0.05) is 18.2 Å². The lowest BCUT2D eigenvalue weighted by atomic mass is 10.2. The van der Waals surface area contributed by atoms with E-state index in [-0.39, 0.29) is 0 Å². The molecule has 0 saturated carbocycles. The highest BCUT2D eigenvalue weighted by Crippen LogP contribution is 2.13. The van der Waals surface area contributed by atoms with Crippen LogP contribution in [0.1, 0.15) is 5.56 Å². The third-order valence-corrected chi connectivity index (χ3v) is 4.08. The number of hydrogen-bond donors (Lipinski definition) is 2. The number of hydrogen-bond acceptors (Lipinski definition) is 4. The van der Waals surface area contributed by atoms with Gasteiger partial charge in [0.1, 0.15) is 0 Å². The summed E-state index contributed by atoms with van der Waals surface area (Å²) in [5.74, 6) is 0. The van der Waals surface area contributed by atoms with Crippen LogP contribution in [0.25, 0.3) is 0 Å². The van der Waals surface area contributed by atoms with Gasteiger partial charge in [-0.05, 0) is 18.6 Å².